The minimum Gasteiger partial charge on any atom is -0.480 e. The molecule has 0 spiro atoms. The first-order valence-electron chi connectivity index (χ1n) is 9.36. The molecule has 1 aromatic carbocycles. The molecule has 1 aliphatic carbocycles. The third kappa shape index (κ3) is 3.52. The Kier molecular flexibility index (Phi) is 5.03. The van der Waals surface area contributed by atoms with Crippen LogP contribution < -0.4 is 15.5 Å². The predicted octanol–water partition coefficient (Wildman–Crippen LogP) is 2.88. The van der Waals surface area contributed by atoms with Gasteiger partial charge in [-0.05, 0) is 62.4 Å². The minimum absolute atomic E-state index is 0.528. The van der Waals surface area contributed by atoms with Gasteiger partial charge in [0.05, 0.1) is 11.0 Å². The van der Waals surface area contributed by atoms with E-state index in [1.54, 1.807) is 0 Å². The van der Waals surface area contributed by atoms with E-state index in [-0.39, 0.29) is 0 Å². The largest absolute Gasteiger partial charge is 0.480 e. The number of aromatic nitrogens is 2. The number of aliphatic carboxylic acids is 1. The zero-order chi connectivity index (χ0) is 18.8. The molecule has 6 heteroatoms. The number of carbonyl (C=O) groups is 1. The third-order valence-electron chi connectivity index (χ3n) is 5.14. The summed E-state index contributed by atoms with van der Waals surface area (Å²) in [5.41, 5.74) is 0.917. The Balaban J connectivity index is 1.93. The number of piperidine rings is 1. The van der Waals surface area contributed by atoms with E-state index in [4.69, 9.17) is 16.7 Å². The maximum absolute atomic E-state index is 11.8. The molecule has 2 aliphatic rings. The Morgan fingerprint density at radius 1 is 1.19 bits per heavy atom. The summed E-state index contributed by atoms with van der Waals surface area (Å²) < 4.78 is 1.91. The molecule has 0 amide bonds. The van der Waals surface area contributed by atoms with Crippen molar-refractivity contribution in [2.45, 2.75) is 38.1 Å². The lowest BCUT2D eigenvalue weighted by atomic mass is 10.0. The van der Waals surface area contributed by atoms with Crippen molar-refractivity contribution < 1.29 is 9.90 Å². The maximum Gasteiger partial charge on any atom is 0.326 e. The molecule has 1 N–H and O–H groups in total. The molecule has 1 unspecified atom stereocenters. The quantitative estimate of drug-likeness (QED) is 0.885. The van der Waals surface area contributed by atoms with E-state index in [0.29, 0.717) is 18.0 Å². The maximum atomic E-state index is 11.8. The fourth-order valence-electron chi connectivity index (χ4n) is 3.80. The van der Waals surface area contributed by atoms with Gasteiger partial charge in [-0.25, -0.2) is 9.48 Å². The van der Waals surface area contributed by atoms with Gasteiger partial charge in [-0.3, -0.25) is 0 Å². The highest BCUT2D eigenvalue weighted by molar-refractivity contribution is 6.30. The van der Waals surface area contributed by atoms with Crippen LogP contribution in [0.5, 0.6) is 0 Å². The van der Waals surface area contributed by atoms with Crippen LogP contribution in [0.2, 0.25) is 5.02 Å². The minimum atomic E-state index is -0.783. The Bertz CT molecular complexity index is 992. The molecule has 0 saturated carbocycles. The van der Waals surface area contributed by atoms with E-state index >= 15 is 0 Å². The van der Waals surface area contributed by atoms with Crippen molar-refractivity contribution in [3.05, 3.63) is 52.0 Å². The van der Waals surface area contributed by atoms with Gasteiger partial charge >= 0.3 is 5.97 Å². The van der Waals surface area contributed by atoms with E-state index < -0.39 is 12.0 Å². The number of fused-ring (bicyclic) bond motifs is 1. The van der Waals surface area contributed by atoms with E-state index in [0.717, 1.165) is 47.8 Å². The second-order valence-corrected chi connectivity index (χ2v) is 7.37. The highest BCUT2D eigenvalue weighted by Crippen LogP contribution is 2.22. The summed E-state index contributed by atoms with van der Waals surface area (Å²) in [6, 6.07) is 7.04. The molecule has 2 aromatic rings. The van der Waals surface area contributed by atoms with E-state index in [2.05, 4.69) is 12.2 Å². The molecule has 0 radical (unpaired) electrons. The number of hydrogen-bond donors (Lipinski definition) is 1. The summed E-state index contributed by atoms with van der Waals surface area (Å²) in [4.78, 5) is 13.8. The molecule has 0 bridgehead atoms. The van der Waals surface area contributed by atoms with Crippen molar-refractivity contribution >= 4 is 35.5 Å². The standard InChI is InChI=1S/C21H22ClN3O2/c22-15-10-12-16(13-11-15)25-18-8-4-2-1-3-7-17(18)20(23-25)24-14-6-5-9-19(24)21(26)27/h1,3,7-8,10-13,19H,2,4-6,9,14H2,(H,26,27)/b3-1+,17-7+,18-8+. The molecular weight excluding hydrogens is 362 g/mol. The topological polar surface area (TPSA) is 58.4 Å². The number of benzene rings is 1. The Morgan fingerprint density at radius 2 is 2.00 bits per heavy atom. The number of halogens is 1. The van der Waals surface area contributed by atoms with E-state index in [1.165, 1.54) is 0 Å². The van der Waals surface area contributed by atoms with Crippen LogP contribution in [0.1, 0.15) is 32.1 Å². The van der Waals surface area contributed by atoms with Gasteiger partial charge in [0, 0.05) is 16.8 Å². The molecule has 1 saturated heterocycles. The summed E-state index contributed by atoms with van der Waals surface area (Å²) in [6.07, 6.45) is 12.9. The monoisotopic (exact) mass is 383 g/mol. The van der Waals surface area contributed by atoms with Crippen LogP contribution >= 0.6 is 11.6 Å². The molecule has 5 nitrogen and oxygen atoms in total. The van der Waals surface area contributed by atoms with Gasteiger partial charge in [-0.15, -0.1) is 5.10 Å². The lowest BCUT2D eigenvalue weighted by Gasteiger charge is -2.33. The molecule has 1 fully saturated rings. The molecule has 4 rings (SSSR count). The average molecular weight is 384 g/mol. The average Bonchev–Trinajstić information content (AvgIpc) is 2.99. The number of hydrogen-bond acceptors (Lipinski definition) is 3. The van der Waals surface area contributed by atoms with Crippen molar-refractivity contribution in [1.82, 2.24) is 9.78 Å². The summed E-state index contributed by atoms with van der Waals surface area (Å²) in [6.45, 7) is 0.707. The smallest absolute Gasteiger partial charge is 0.326 e. The van der Waals surface area contributed by atoms with Gasteiger partial charge in [0.15, 0.2) is 5.82 Å². The fraction of sp³-hybridized carbons (Fsp3) is 0.333. The van der Waals surface area contributed by atoms with Crippen molar-refractivity contribution in [2.24, 2.45) is 0 Å². The zero-order valence-electron chi connectivity index (χ0n) is 15.0. The SMILES string of the molecule is O=C(O)C1CCCCN1c1nn(-c2ccc(Cl)cc2)c2/c1=C\C=C\CC\C=2. The van der Waals surface area contributed by atoms with Gasteiger partial charge in [0.1, 0.15) is 6.04 Å². The zero-order valence-corrected chi connectivity index (χ0v) is 15.8. The Morgan fingerprint density at radius 3 is 2.78 bits per heavy atom. The summed E-state index contributed by atoms with van der Waals surface area (Å²) >= 11 is 6.04. The second-order valence-electron chi connectivity index (χ2n) is 6.93. The van der Waals surface area contributed by atoms with Crippen LogP contribution in [0.25, 0.3) is 17.8 Å². The number of anilines is 1. The first-order chi connectivity index (χ1) is 13.1. The number of allylic oxidation sites excluding steroid dienone is 2. The first kappa shape index (κ1) is 17.9. The highest BCUT2D eigenvalue weighted by atomic mass is 35.5. The molecule has 2 heterocycles. The number of carboxylic acids is 1. The van der Waals surface area contributed by atoms with Gasteiger partial charge in [0.2, 0.25) is 0 Å². The number of carboxylic acid groups (broad SMARTS) is 1. The fourth-order valence-corrected chi connectivity index (χ4v) is 3.92. The Labute approximate surface area is 162 Å². The van der Waals surface area contributed by atoms with Crippen LogP contribution in [0.4, 0.5) is 5.82 Å². The predicted molar refractivity (Wildman–Crippen MR) is 108 cm³/mol. The second kappa shape index (κ2) is 7.61. The van der Waals surface area contributed by atoms with Crippen LogP contribution in [-0.2, 0) is 4.79 Å². The summed E-state index contributed by atoms with van der Waals surface area (Å²) in [5, 5.41) is 17.2. The van der Waals surface area contributed by atoms with Crippen LogP contribution in [-0.4, -0.2) is 33.4 Å². The van der Waals surface area contributed by atoms with Crippen molar-refractivity contribution in [3.8, 4) is 5.69 Å². The summed E-state index contributed by atoms with van der Waals surface area (Å²) in [7, 11) is 0. The van der Waals surface area contributed by atoms with E-state index in [9.17, 15) is 9.90 Å². The Hall–Kier alpha value is -2.53. The molecule has 140 valence electrons. The number of nitrogens with zero attached hydrogens (tertiary/aromatic N) is 3. The van der Waals surface area contributed by atoms with Crippen LogP contribution in [0.15, 0.2) is 36.4 Å². The van der Waals surface area contributed by atoms with Gasteiger partial charge < -0.3 is 10.0 Å². The normalized spacial score (nSPS) is 23.1. The highest BCUT2D eigenvalue weighted by Gasteiger charge is 2.31. The van der Waals surface area contributed by atoms with E-state index in [1.807, 2.05) is 46.0 Å². The molecular formula is C21H22ClN3O2. The molecule has 1 aliphatic heterocycles. The van der Waals surface area contributed by atoms with Crippen molar-refractivity contribution in [1.29, 1.82) is 0 Å². The van der Waals surface area contributed by atoms with Gasteiger partial charge in [0.25, 0.3) is 0 Å². The first-order valence-corrected chi connectivity index (χ1v) is 9.74. The molecule has 1 aromatic heterocycles. The molecule has 27 heavy (non-hydrogen) atoms. The number of rotatable bonds is 3. The lowest BCUT2D eigenvalue weighted by Crippen LogP contribution is -2.47. The third-order valence-corrected chi connectivity index (χ3v) is 5.39. The van der Waals surface area contributed by atoms with Crippen molar-refractivity contribution in [2.75, 3.05) is 11.4 Å². The summed E-state index contributed by atoms with van der Waals surface area (Å²) in [5.74, 6) is -0.0373. The lowest BCUT2D eigenvalue weighted by molar-refractivity contribution is -0.139. The van der Waals surface area contributed by atoms with Gasteiger partial charge in [-0.2, -0.15) is 0 Å². The van der Waals surface area contributed by atoms with Crippen LogP contribution in [0, 0.1) is 0 Å². The molecule has 1 atom stereocenters. The van der Waals surface area contributed by atoms with Crippen molar-refractivity contribution in [3.63, 3.8) is 0 Å². The van der Waals surface area contributed by atoms with Gasteiger partial charge in [-0.1, -0.05) is 29.8 Å². The van der Waals surface area contributed by atoms with Crippen LogP contribution in [0.3, 0.4) is 0 Å².